The summed E-state index contributed by atoms with van der Waals surface area (Å²) in [6, 6.07) is 15.2. The summed E-state index contributed by atoms with van der Waals surface area (Å²) in [5.74, 6) is 0.491. The van der Waals surface area contributed by atoms with E-state index in [4.69, 9.17) is 5.73 Å². The number of hydrogen-bond acceptors (Lipinski definition) is 1. The normalized spacial score (nSPS) is 12.4. The van der Waals surface area contributed by atoms with Crippen LogP contribution in [0.15, 0.2) is 46.9 Å². The summed E-state index contributed by atoms with van der Waals surface area (Å²) in [4.78, 5) is 0. The first-order valence-corrected chi connectivity index (χ1v) is 7.88. The lowest BCUT2D eigenvalue weighted by molar-refractivity contribution is 0.532. The third kappa shape index (κ3) is 4.19. The maximum absolute atomic E-state index is 5.98. The van der Waals surface area contributed by atoms with E-state index in [0.29, 0.717) is 5.92 Å². The standard InChI is InChI=1S/C18H22BrN/c1-13-6-7-14(2)17(8-13)10-16(12-20)9-15-4-3-5-18(19)11-15/h3-8,11,16H,9-10,12,20H2,1-2H3. The first-order valence-electron chi connectivity index (χ1n) is 7.09. The minimum Gasteiger partial charge on any atom is -0.330 e. The molecule has 0 aromatic heterocycles. The Balaban J connectivity index is 2.11. The van der Waals surface area contributed by atoms with Gasteiger partial charge in [-0.05, 0) is 68.0 Å². The van der Waals surface area contributed by atoms with Gasteiger partial charge in [0.1, 0.15) is 0 Å². The van der Waals surface area contributed by atoms with E-state index in [-0.39, 0.29) is 0 Å². The molecule has 0 spiro atoms. The fraction of sp³-hybridized carbons (Fsp3) is 0.333. The van der Waals surface area contributed by atoms with Crippen LogP contribution < -0.4 is 5.73 Å². The van der Waals surface area contributed by atoms with E-state index in [1.54, 1.807) is 0 Å². The maximum Gasteiger partial charge on any atom is 0.0177 e. The summed E-state index contributed by atoms with van der Waals surface area (Å²) < 4.78 is 1.14. The second-order valence-electron chi connectivity index (χ2n) is 5.57. The Kier molecular flexibility index (Phi) is 5.38. The summed E-state index contributed by atoms with van der Waals surface area (Å²) in [6.07, 6.45) is 2.08. The van der Waals surface area contributed by atoms with Crippen LogP contribution in [0.4, 0.5) is 0 Å². The van der Waals surface area contributed by atoms with Crippen molar-refractivity contribution in [2.24, 2.45) is 11.7 Å². The lowest BCUT2D eigenvalue weighted by Crippen LogP contribution is -2.19. The average Bonchev–Trinajstić information content (AvgIpc) is 2.42. The SMILES string of the molecule is Cc1ccc(C)c(CC(CN)Cc2cccc(Br)c2)c1. The first kappa shape index (κ1) is 15.3. The van der Waals surface area contributed by atoms with E-state index in [9.17, 15) is 0 Å². The molecule has 0 fully saturated rings. The van der Waals surface area contributed by atoms with Gasteiger partial charge in [-0.1, -0.05) is 51.8 Å². The molecule has 2 aromatic carbocycles. The Morgan fingerprint density at radius 3 is 2.55 bits per heavy atom. The summed E-state index contributed by atoms with van der Waals surface area (Å²) in [5, 5.41) is 0. The average molecular weight is 332 g/mol. The number of halogens is 1. The van der Waals surface area contributed by atoms with Gasteiger partial charge in [0, 0.05) is 4.47 Å². The van der Waals surface area contributed by atoms with Crippen LogP contribution in [0.25, 0.3) is 0 Å². The molecule has 0 bridgehead atoms. The topological polar surface area (TPSA) is 26.0 Å². The predicted molar refractivity (Wildman–Crippen MR) is 90.0 cm³/mol. The second kappa shape index (κ2) is 7.05. The molecule has 106 valence electrons. The maximum atomic E-state index is 5.98. The number of nitrogens with two attached hydrogens (primary N) is 1. The van der Waals surface area contributed by atoms with Crippen LogP contribution in [0.2, 0.25) is 0 Å². The molecule has 2 rings (SSSR count). The van der Waals surface area contributed by atoms with Crippen LogP contribution in [0, 0.1) is 19.8 Å². The van der Waals surface area contributed by atoms with E-state index in [2.05, 4.69) is 72.2 Å². The zero-order valence-corrected chi connectivity index (χ0v) is 13.8. The molecule has 0 saturated carbocycles. The summed E-state index contributed by atoms with van der Waals surface area (Å²) in [7, 11) is 0. The van der Waals surface area contributed by atoms with Crippen molar-refractivity contribution in [3.63, 3.8) is 0 Å². The fourth-order valence-corrected chi connectivity index (χ4v) is 3.01. The smallest absolute Gasteiger partial charge is 0.0177 e. The van der Waals surface area contributed by atoms with Gasteiger partial charge >= 0.3 is 0 Å². The van der Waals surface area contributed by atoms with Gasteiger partial charge in [0.2, 0.25) is 0 Å². The Morgan fingerprint density at radius 1 is 1.05 bits per heavy atom. The van der Waals surface area contributed by atoms with Crippen molar-refractivity contribution in [2.75, 3.05) is 6.54 Å². The van der Waals surface area contributed by atoms with E-state index < -0.39 is 0 Å². The molecule has 2 N–H and O–H groups in total. The van der Waals surface area contributed by atoms with E-state index in [1.165, 1.54) is 22.3 Å². The molecular weight excluding hydrogens is 310 g/mol. The van der Waals surface area contributed by atoms with Gasteiger partial charge in [-0.15, -0.1) is 0 Å². The molecule has 2 aromatic rings. The Labute approximate surface area is 130 Å². The van der Waals surface area contributed by atoms with Crippen molar-refractivity contribution in [1.82, 2.24) is 0 Å². The van der Waals surface area contributed by atoms with E-state index in [1.807, 2.05) is 0 Å². The van der Waals surface area contributed by atoms with Crippen molar-refractivity contribution < 1.29 is 0 Å². The summed E-state index contributed by atoms with van der Waals surface area (Å²) in [5.41, 5.74) is 11.4. The van der Waals surface area contributed by atoms with Gasteiger partial charge in [-0.3, -0.25) is 0 Å². The minimum absolute atomic E-state index is 0.491. The molecular formula is C18H22BrN. The first-order chi connectivity index (χ1) is 9.58. The van der Waals surface area contributed by atoms with Crippen molar-refractivity contribution in [2.45, 2.75) is 26.7 Å². The van der Waals surface area contributed by atoms with E-state index >= 15 is 0 Å². The Morgan fingerprint density at radius 2 is 1.85 bits per heavy atom. The largest absolute Gasteiger partial charge is 0.330 e. The van der Waals surface area contributed by atoms with Crippen LogP contribution >= 0.6 is 15.9 Å². The third-order valence-electron chi connectivity index (χ3n) is 3.76. The van der Waals surface area contributed by atoms with Crippen LogP contribution in [-0.2, 0) is 12.8 Å². The third-order valence-corrected chi connectivity index (χ3v) is 4.25. The van der Waals surface area contributed by atoms with Gasteiger partial charge in [-0.25, -0.2) is 0 Å². The van der Waals surface area contributed by atoms with Crippen molar-refractivity contribution in [3.8, 4) is 0 Å². The molecule has 0 aliphatic carbocycles. The monoisotopic (exact) mass is 331 g/mol. The second-order valence-corrected chi connectivity index (χ2v) is 6.49. The van der Waals surface area contributed by atoms with Crippen LogP contribution in [-0.4, -0.2) is 6.54 Å². The number of hydrogen-bond donors (Lipinski definition) is 1. The van der Waals surface area contributed by atoms with Gasteiger partial charge in [0.25, 0.3) is 0 Å². The van der Waals surface area contributed by atoms with Crippen LogP contribution in [0.5, 0.6) is 0 Å². The number of rotatable bonds is 5. The molecule has 0 amide bonds. The number of benzene rings is 2. The van der Waals surface area contributed by atoms with Crippen molar-refractivity contribution in [3.05, 3.63) is 69.2 Å². The lowest BCUT2D eigenvalue weighted by atomic mass is 9.90. The van der Waals surface area contributed by atoms with Crippen molar-refractivity contribution >= 4 is 15.9 Å². The quantitative estimate of drug-likeness (QED) is 0.861. The molecule has 0 saturated heterocycles. The molecule has 0 heterocycles. The Bertz CT molecular complexity index is 577. The van der Waals surface area contributed by atoms with Crippen LogP contribution in [0.3, 0.4) is 0 Å². The van der Waals surface area contributed by atoms with Crippen LogP contribution in [0.1, 0.15) is 22.3 Å². The molecule has 1 nitrogen and oxygen atoms in total. The minimum atomic E-state index is 0.491. The molecule has 0 radical (unpaired) electrons. The molecule has 0 aliphatic heterocycles. The lowest BCUT2D eigenvalue weighted by Gasteiger charge is -2.17. The molecule has 1 atom stereocenters. The number of aryl methyl sites for hydroxylation is 2. The van der Waals surface area contributed by atoms with Gasteiger partial charge in [0.15, 0.2) is 0 Å². The highest BCUT2D eigenvalue weighted by molar-refractivity contribution is 9.10. The highest BCUT2D eigenvalue weighted by atomic mass is 79.9. The Hall–Kier alpha value is -1.12. The molecule has 1 unspecified atom stereocenters. The highest BCUT2D eigenvalue weighted by Crippen LogP contribution is 2.20. The molecule has 20 heavy (non-hydrogen) atoms. The predicted octanol–water partition coefficient (Wildman–Crippen LogP) is 4.43. The molecule has 2 heteroatoms. The van der Waals surface area contributed by atoms with Crippen molar-refractivity contribution in [1.29, 1.82) is 0 Å². The zero-order chi connectivity index (χ0) is 14.5. The zero-order valence-electron chi connectivity index (χ0n) is 12.2. The summed E-state index contributed by atoms with van der Waals surface area (Å²) >= 11 is 3.53. The van der Waals surface area contributed by atoms with Gasteiger partial charge in [-0.2, -0.15) is 0 Å². The highest BCUT2D eigenvalue weighted by Gasteiger charge is 2.11. The summed E-state index contributed by atoms with van der Waals surface area (Å²) in [6.45, 7) is 5.05. The van der Waals surface area contributed by atoms with E-state index in [0.717, 1.165) is 23.9 Å². The fourth-order valence-electron chi connectivity index (χ4n) is 2.57. The van der Waals surface area contributed by atoms with Gasteiger partial charge < -0.3 is 5.73 Å². The molecule has 0 aliphatic rings. The van der Waals surface area contributed by atoms with Gasteiger partial charge in [0.05, 0.1) is 0 Å².